The SMILES string of the molecule is CC(C)Cc1c(CNC2CC2)oc2ccccc12. The van der Waals surface area contributed by atoms with E-state index in [1.807, 2.05) is 6.07 Å². The molecular weight excluding hydrogens is 222 g/mol. The molecule has 0 radical (unpaired) electrons. The van der Waals surface area contributed by atoms with Crippen LogP contribution in [0.4, 0.5) is 0 Å². The number of furan rings is 1. The second-order valence-corrected chi connectivity index (χ2v) is 5.75. The molecule has 2 heteroatoms. The number of nitrogens with one attached hydrogen (secondary N) is 1. The molecule has 0 unspecified atom stereocenters. The molecule has 1 heterocycles. The Kier molecular flexibility index (Phi) is 3.13. The molecule has 0 saturated heterocycles. The molecule has 1 aliphatic carbocycles. The average molecular weight is 243 g/mol. The highest BCUT2D eigenvalue weighted by molar-refractivity contribution is 5.82. The third kappa shape index (κ3) is 2.44. The highest BCUT2D eigenvalue weighted by atomic mass is 16.3. The highest BCUT2D eigenvalue weighted by Crippen LogP contribution is 2.29. The molecule has 0 amide bonds. The van der Waals surface area contributed by atoms with Crippen LogP contribution in [0.2, 0.25) is 0 Å². The van der Waals surface area contributed by atoms with Crippen molar-refractivity contribution in [2.75, 3.05) is 0 Å². The minimum Gasteiger partial charge on any atom is -0.459 e. The summed E-state index contributed by atoms with van der Waals surface area (Å²) in [4.78, 5) is 0. The Hall–Kier alpha value is -1.28. The van der Waals surface area contributed by atoms with Gasteiger partial charge in [-0.1, -0.05) is 32.0 Å². The standard InChI is InChI=1S/C16H21NO/c1-11(2)9-14-13-5-3-4-6-15(13)18-16(14)10-17-12-7-8-12/h3-6,11-12,17H,7-10H2,1-2H3. The summed E-state index contributed by atoms with van der Waals surface area (Å²) in [6, 6.07) is 9.12. The third-order valence-corrected chi connectivity index (χ3v) is 3.52. The summed E-state index contributed by atoms with van der Waals surface area (Å²) >= 11 is 0. The zero-order chi connectivity index (χ0) is 12.5. The van der Waals surface area contributed by atoms with E-state index in [1.165, 1.54) is 23.8 Å². The van der Waals surface area contributed by atoms with Gasteiger partial charge in [0.25, 0.3) is 0 Å². The lowest BCUT2D eigenvalue weighted by Gasteiger charge is -2.06. The van der Waals surface area contributed by atoms with E-state index in [0.717, 1.165) is 30.4 Å². The number of benzene rings is 1. The van der Waals surface area contributed by atoms with Gasteiger partial charge in [0.05, 0.1) is 6.54 Å². The van der Waals surface area contributed by atoms with Crippen molar-refractivity contribution in [3.63, 3.8) is 0 Å². The van der Waals surface area contributed by atoms with E-state index in [4.69, 9.17) is 4.42 Å². The molecule has 2 nitrogen and oxygen atoms in total. The molecule has 2 aromatic rings. The normalized spacial score (nSPS) is 15.7. The van der Waals surface area contributed by atoms with Gasteiger partial charge in [0.1, 0.15) is 11.3 Å². The molecule has 1 saturated carbocycles. The molecule has 1 N–H and O–H groups in total. The topological polar surface area (TPSA) is 25.2 Å². The molecule has 1 aromatic carbocycles. The quantitative estimate of drug-likeness (QED) is 0.862. The fourth-order valence-electron chi connectivity index (χ4n) is 2.45. The number of hydrogen-bond acceptors (Lipinski definition) is 2. The first-order valence-corrected chi connectivity index (χ1v) is 6.96. The minimum absolute atomic E-state index is 0.658. The molecular formula is C16H21NO. The first kappa shape index (κ1) is 11.8. The van der Waals surface area contributed by atoms with Gasteiger partial charge >= 0.3 is 0 Å². The summed E-state index contributed by atoms with van der Waals surface area (Å²) in [5.41, 5.74) is 2.43. The fraction of sp³-hybridized carbons (Fsp3) is 0.500. The van der Waals surface area contributed by atoms with Crippen LogP contribution in [-0.4, -0.2) is 6.04 Å². The van der Waals surface area contributed by atoms with E-state index >= 15 is 0 Å². The van der Waals surface area contributed by atoms with Crippen LogP contribution in [0.15, 0.2) is 28.7 Å². The molecule has 1 fully saturated rings. The van der Waals surface area contributed by atoms with E-state index in [9.17, 15) is 0 Å². The number of fused-ring (bicyclic) bond motifs is 1. The predicted octanol–water partition coefficient (Wildman–Crippen LogP) is 3.88. The van der Waals surface area contributed by atoms with Gasteiger partial charge in [-0.2, -0.15) is 0 Å². The molecule has 18 heavy (non-hydrogen) atoms. The lowest BCUT2D eigenvalue weighted by molar-refractivity contribution is 0.500. The summed E-state index contributed by atoms with van der Waals surface area (Å²) in [6.07, 6.45) is 3.73. The van der Waals surface area contributed by atoms with Gasteiger partial charge in [-0.25, -0.2) is 0 Å². The van der Waals surface area contributed by atoms with Crippen molar-refractivity contribution in [3.8, 4) is 0 Å². The highest BCUT2D eigenvalue weighted by Gasteiger charge is 2.22. The van der Waals surface area contributed by atoms with Gasteiger partial charge in [0.15, 0.2) is 0 Å². The van der Waals surface area contributed by atoms with Gasteiger partial charge in [-0.15, -0.1) is 0 Å². The Balaban J connectivity index is 1.93. The Morgan fingerprint density at radius 3 is 2.78 bits per heavy atom. The zero-order valence-electron chi connectivity index (χ0n) is 11.2. The Morgan fingerprint density at radius 1 is 1.28 bits per heavy atom. The van der Waals surface area contributed by atoms with Crippen LogP contribution in [-0.2, 0) is 13.0 Å². The second-order valence-electron chi connectivity index (χ2n) is 5.75. The van der Waals surface area contributed by atoms with Crippen LogP contribution in [0, 0.1) is 5.92 Å². The van der Waals surface area contributed by atoms with Crippen molar-refractivity contribution in [2.45, 2.75) is 45.7 Å². The molecule has 96 valence electrons. The Morgan fingerprint density at radius 2 is 2.06 bits per heavy atom. The molecule has 0 aliphatic heterocycles. The molecule has 0 atom stereocenters. The third-order valence-electron chi connectivity index (χ3n) is 3.52. The van der Waals surface area contributed by atoms with Gasteiger partial charge in [-0.3, -0.25) is 0 Å². The molecule has 1 aliphatic rings. The van der Waals surface area contributed by atoms with Crippen molar-refractivity contribution in [2.24, 2.45) is 5.92 Å². The van der Waals surface area contributed by atoms with Gasteiger partial charge in [0, 0.05) is 17.0 Å². The smallest absolute Gasteiger partial charge is 0.134 e. The maximum atomic E-state index is 6.02. The van der Waals surface area contributed by atoms with E-state index in [-0.39, 0.29) is 0 Å². The van der Waals surface area contributed by atoms with E-state index in [2.05, 4.69) is 37.4 Å². The lowest BCUT2D eigenvalue weighted by Crippen LogP contribution is -2.16. The lowest BCUT2D eigenvalue weighted by atomic mass is 10.00. The summed E-state index contributed by atoms with van der Waals surface area (Å²) < 4.78 is 6.02. The molecule has 3 rings (SSSR count). The van der Waals surface area contributed by atoms with E-state index < -0.39 is 0 Å². The van der Waals surface area contributed by atoms with Crippen molar-refractivity contribution >= 4 is 11.0 Å². The largest absolute Gasteiger partial charge is 0.459 e. The van der Waals surface area contributed by atoms with Crippen molar-refractivity contribution in [1.29, 1.82) is 0 Å². The number of rotatable bonds is 5. The predicted molar refractivity (Wildman–Crippen MR) is 74.6 cm³/mol. The summed E-state index contributed by atoms with van der Waals surface area (Å²) in [5, 5.41) is 4.84. The fourth-order valence-corrected chi connectivity index (χ4v) is 2.45. The minimum atomic E-state index is 0.658. The van der Waals surface area contributed by atoms with Crippen molar-refractivity contribution in [1.82, 2.24) is 5.32 Å². The Labute approximate surface area is 108 Å². The second kappa shape index (κ2) is 4.77. The maximum Gasteiger partial charge on any atom is 0.134 e. The first-order chi connectivity index (χ1) is 8.74. The van der Waals surface area contributed by atoms with Crippen molar-refractivity contribution in [3.05, 3.63) is 35.6 Å². The maximum absolute atomic E-state index is 6.02. The number of hydrogen-bond donors (Lipinski definition) is 1. The summed E-state index contributed by atoms with van der Waals surface area (Å²) in [6.45, 7) is 5.40. The monoisotopic (exact) mass is 243 g/mol. The van der Waals surface area contributed by atoms with Crippen LogP contribution in [0.3, 0.4) is 0 Å². The Bertz CT molecular complexity index is 537. The zero-order valence-corrected chi connectivity index (χ0v) is 11.2. The molecule has 1 aromatic heterocycles. The van der Waals surface area contributed by atoms with E-state index in [0.29, 0.717) is 5.92 Å². The van der Waals surface area contributed by atoms with Crippen LogP contribution >= 0.6 is 0 Å². The van der Waals surface area contributed by atoms with E-state index in [1.54, 1.807) is 0 Å². The summed E-state index contributed by atoms with van der Waals surface area (Å²) in [7, 11) is 0. The van der Waals surface area contributed by atoms with Gasteiger partial charge in [-0.05, 0) is 31.2 Å². The molecule has 0 bridgehead atoms. The van der Waals surface area contributed by atoms with Gasteiger partial charge in [0.2, 0.25) is 0 Å². The average Bonchev–Trinajstić information content (AvgIpc) is 3.11. The first-order valence-electron chi connectivity index (χ1n) is 6.96. The van der Waals surface area contributed by atoms with Crippen LogP contribution in [0.1, 0.15) is 38.0 Å². The van der Waals surface area contributed by atoms with Crippen LogP contribution in [0.25, 0.3) is 11.0 Å². The van der Waals surface area contributed by atoms with Crippen LogP contribution < -0.4 is 5.32 Å². The van der Waals surface area contributed by atoms with Gasteiger partial charge < -0.3 is 9.73 Å². The van der Waals surface area contributed by atoms with Crippen molar-refractivity contribution < 1.29 is 4.42 Å². The molecule has 0 spiro atoms. The number of para-hydroxylation sites is 1. The van der Waals surface area contributed by atoms with Crippen LogP contribution in [0.5, 0.6) is 0 Å². The summed E-state index contributed by atoms with van der Waals surface area (Å²) in [5.74, 6) is 1.79.